The molecule has 2 amide bonds. The number of carbonyl (C=O) groups excluding carboxylic acids is 2. The Bertz CT molecular complexity index is 976. The second-order valence-corrected chi connectivity index (χ2v) is 8.31. The third-order valence-electron chi connectivity index (χ3n) is 5.11. The second-order valence-electron chi connectivity index (χ2n) is 7.29. The highest BCUT2D eigenvalue weighted by Gasteiger charge is 2.19. The second kappa shape index (κ2) is 10.3. The van der Waals surface area contributed by atoms with E-state index in [1.54, 1.807) is 0 Å². The molecule has 1 saturated heterocycles. The van der Waals surface area contributed by atoms with Crippen LogP contribution in [0.5, 0.6) is 0 Å². The van der Waals surface area contributed by atoms with E-state index >= 15 is 0 Å². The summed E-state index contributed by atoms with van der Waals surface area (Å²) in [5.41, 5.74) is 7.14. The average Bonchev–Trinajstić information content (AvgIpc) is 2.76. The van der Waals surface area contributed by atoms with E-state index in [0.717, 1.165) is 55.3 Å². The summed E-state index contributed by atoms with van der Waals surface area (Å²) >= 11 is 1.05. The van der Waals surface area contributed by atoms with Crippen LogP contribution in [0.1, 0.15) is 15.9 Å². The molecule has 0 bridgehead atoms. The molecule has 0 spiro atoms. The van der Waals surface area contributed by atoms with Gasteiger partial charge in [-0.1, -0.05) is 18.2 Å². The number of rotatable bonds is 8. The summed E-state index contributed by atoms with van der Waals surface area (Å²) in [5, 5.41) is 14.2. The van der Waals surface area contributed by atoms with Crippen LogP contribution in [0.4, 0.5) is 11.4 Å². The summed E-state index contributed by atoms with van der Waals surface area (Å²) in [5.74, 6) is -0.948. The third-order valence-corrected chi connectivity index (χ3v) is 6.17. The highest BCUT2D eigenvalue weighted by atomic mass is 32.2. The molecule has 0 unspecified atom stereocenters. The SMILES string of the molecule is CN1CCN(c2ccccc2CNC(=O)CSc2ccc(C(N)=O)cc2[N+](=O)[O-])CC1. The number of nitrogens with one attached hydrogen (secondary N) is 1. The quantitative estimate of drug-likeness (QED) is 0.363. The van der Waals surface area contributed by atoms with Crippen LogP contribution in [0, 0.1) is 10.1 Å². The minimum Gasteiger partial charge on any atom is -0.369 e. The van der Waals surface area contributed by atoms with E-state index in [4.69, 9.17) is 5.73 Å². The molecule has 9 nitrogen and oxygen atoms in total. The van der Waals surface area contributed by atoms with Crippen molar-refractivity contribution in [2.24, 2.45) is 5.73 Å². The lowest BCUT2D eigenvalue weighted by Gasteiger charge is -2.35. The van der Waals surface area contributed by atoms with E-state index < -0.39 is 10.8 Å². The number of piperazine rings is 1. The number of nitrogens with zero attached hydrogens (tertiary/aromatic N) is 3. The highest BCUT2D eigenvalue weighted by Crippen LogP contribution is 2.30. The van der Waals surface area contributed by atoms with Gasteiger partial charge in [-0.25, -0.2) is 0 Å². The lowest BCUT2D eigenvalue weighted by atomic mass is 10.1. The maximum atomic E-state index is 12.4. The summed E-state index contributed by atoms with van der Waals surface area (Å²) in [6, 6.07) is 12.0. The fraction of sp³-hybridized carbons (Fsp3) is 0.333. The first kappa shape index (κ1) is 22.6. The van der Waals surface area contributed by atoms with Gasteiger partial charge in [0.1, 0.15) is 0 Å². The van der Waals surface area contributed by atoms with Crippen LogP contribution in [-0.2, 0) is 11.3 Å². The van der Waals surface area contributed by atoms with Crippen LogP contribution < -0.4 is 16.0 Å². The van der Waals surface area contributed by atoms with Gasteiger partial charge in [-0.15, -0.1) is 11.8 Å². The Kier molecular flexibility index (Phi) is 7.48. The molecule has 1 aliphatic heterocycles. The Morgan fingerprint density at radius 3 is 2.55 bits per heavy atom. The van der Waals surface area contributed by atoms with Crippen molar-refractivity contribution in [2.45, 2.75) is 11.4 Å². The van der Waals surface area contributed by atoms with Crippen molar-refractivity contribution in [3.63, 3.8) is 0 Å². The van der Waals surface area contributed by atoms with E-state index in [2.05, 4.69) is 28.2 Å². The van der Waals surface area contributed by atoms with E-state index in [1.165, 1.54) is 12.1 Å². The summed E-state index contributed by atoms with van der Waals surface area (Å²) in [4.78, 5) is 39.3. The number of nitro groups is 1. The number of amides is 2. The van der Waals surface area contributed by atoms with E-state index in [9.17, 15) is 19.7 Å². The molecule has 3 rings (SSSR count). The summed E-state index contributed by atoms with van der Waals surface area (Å²) in [6.45, 7) is 4.23. The molecule has 164 valence electrons. The van der Waals surface area contributed by atoms with Gasteiger partial charge in [-0.3, -0.25) is 19.7 Å². The number of carbonyl (C=O) groups is 2. The van der Waals surface area contributed by atoms with E-state index in [-0.39, 0.29) is 22.9 Å². The van der Waals surface area contributed by atoms with E-state index in [0.29, 0.717) is 11.4 Å². The van der Waals surface area contributed by atoms with Crippen molar-refractivity contribution in [2.75, 3.05) is 43.9 Å². The van der Waals surface area contributed by atoms with Crippen molar-refractivity contribution in [3.8, 4) is 0 Å². The van der Waals surface area contributed by atoms with Crippen LogP contribution in [0.15, 0.2) is 47.4 Å². The maximum Gasteiger partial charge on any atom is 0.283 e. The molecule has 0 aromatic heterocycles. The predicted molar refractivity (Wildman–Crippen MR) is 120 cm³/mol. The minimum atomic E-state index is -0.739. The van der Waals surface area contributed by atoms with Gasteiger partial charge in [0.25, 0.3) is 5.69 Å². The number of primary amides is 1. The monoisotopic (exact) mass is 443 g/mol. The summed E-state index contributed by atoms with van der Waals surface area (Å²) in [7, 11) is 2.10. The number of hydrogen-bond acceptors (Lipinski definition) is 7. The predicted octanol–water partition coefficient (Wildman–Crippen LogP) is 1.85. The molecule has 1 fully saturated rings. The number of nitrogens with two attached hydrogens (primary N) is 1. The molecule has 31 heavy (non-hydrogen) atoms. The molecule has 3 N–H and O–H groups in total. The van der Waals surface area contributed by atoms with Crippen LogP contribution in [0.2, 0.25) is 0 Å². The standard InChI is InChI=1S/C21H25N5O4S/c1-24-8-10-25(11-9-24)17-5-3-2-4-16(17)13-23-20(27)14-31-19-7-6-15(21(22)28)12-18(19)26(29)30/h2-7,12H,8-11,13-14H2,1H3,(H2,22,28)(H,23,27). The van der Waals surface area contributed by atoms with Gasteiger partial charge >= 0.3 is 0 Å². The van der Waals surface area contributed by atoms with Crippen molar-refractivity contribution in [1.82, 2.24) is 10.2 Å². The van der Waals surface area contributed by atoms with Gasteiger partial charge in [0.05, 0.1) is 15.6 Å². The summed E-state index contributed by atoms with van der Waals surface area (Å²) in [6.07, 6.45) is 0. The molecule has 1 aliphatic rings. The number of nitro benzene ring substituents is 1. The van der Waals surface area contributed by atoms with Gasteiger partial charge in [0.2, 0.25) is 11.8 Å². The molecule has 0 radical (unpaired) electrons. The molecular weight excluding hydrogens is 418 g/mol. The first-order valence-corrected chi connectivity index (χ1v) is 10.8. The Hall–Kier alpha value is -3.11. The van der Waals surface area contributed by atoms with Crippen molar-refractivity contribution in [3.05, 3.63) is 63.7 Å². The largest absolute Gasteiger partial charge is 0.369 e. The number of hydrogen-bond donors (Lipinski definition) is 2. The van der Waals surface area contributed by atoms with Crippen molar-refractivity contribution >= 4 is 35.0 Å². The number of thioether (sulfide) groups is 1. The molecule has 10 heteroatoms. The van der Waals surface area contributed by atoms with Crippen LogP contribution >= 0.6 is 11.8 Å². The van der Waals surface area contributed by atoms with Crippen LogP contribution in [0.25, 0.3) is 0 Å². The number of anilines is 1. The van der Waals surface area contributed by atoms with Crippen molar-refractivity contribution < 1.29 is 14.5 Å². The Morgan fingerprint density at radius 2 is 1.87 bits per heavy atom. The third kappa shape index (κ3) is 5.96. The zero-order chi connectivity index (χ0) is 22.4. The minimum absolute atomic E-state index is 0.0213. The fourth-order valence-corrected chi connectivity index (χ4v) is 4.17. The van der Waals surface area contributed by atoms with Gasteiger partial charge in [0.15, 0.2) is 0 Å². The number of para-hydroxylation sites is 1. The summed E-state index contributed by atoms with van der Waals surface area (Å²) < 4.78 is 0. The van der Waals surface area contributed by atoms with Gasteiger partial charge in [0, 0.05) is 50.0 Å². The Balaban J connectivity index is 1.59. The Morgan fingerprint density at radius 1 is 1.16 bits per heavy atom. The van der Waals surface area contributed by atoms with Gasteiger partial charge in [-0.2, -0.15) is 0 Å². The highest BCUT2D eigenvalue weighted by molar-refractivity contribution is 8.00. The van der Waals surface area contributed by atoms with Crippen molar-refractivity contribution in [1.29, 1.82) is 0 Å². The van der Waals surface area contributed by atoms with Crippen LogP contribution in [-0.4, -0.2) is 60.6 Å². The maximum absolute atomic E-state index is 12.4. The molecule has 2 aromatic rings. The topological polar surface area (TPSA) is 122 Å². The number of benzene rings is 2. The van der Waals surface area contributed by atoms with Crippen LogP contribution in [0.3, 0.4) is 0 Å². The van der Waals surface area contributed by atoms with Gasteiger partial charge < -0.3 is 20.9 Å². The number of likely N-dealkylation sites (N-methyl/N-ethyl adjacent to an activating group) is 1. The molecule has 0 atom stereocenters. The first-order chi connectivity index (χ1) is 14.8. The molecule has 0 saturated carbocycles. The first-order valence-electron chi connectivity index (χ1n) is 9.84. The smallest absolute Gasteiger partial charge is 0.283 e. The Labute approximate surface area is 184 Å². The average molecular weight is 444 g/mol. The molecule has 2 aromatic carbocycles. The molecule has 1 heterocycles. The molecular formula is C21H25N5O4S. The normalized spacial score (nSPS) is 14.3. The zero-order valence-electron chi connectivity index (χ0n) is 17.2. The zero-order valence-corrected chi connectivity index (χ0v) is 18.1. The fourth-order valence-electron chi connectivity index (χ4n) is 3.34. The lowest BCUT2D eigenvalue weighted by molar-refractivity contribution is -0.387. The van der Waals surface area contributed by atoms with Gasteiger partial charge in [-0.05, 0) is 30.8 Å². The van der Waals surface area contributed by atoms with E-state index in [1.807, 2.05) is 18.2 Å². The molecule has 0 aliphatic carbocycles. The lowest BCUT2D eigenvalue weighted by Crippen LogP contribution is -2.45.